The van der Waals surface area contributed by atoms with Crippen molar-refractivity contribution < 1.29 is 19.7 Å². The van der Waals surface area contributed by atoms with Crippen molar-refractivity contribution in [1.82, 2.24) is 19.9 Å². The Labute approximate surface area is 485 Å². The van der Waals surface area contributed by atoms with Crippen molar-refractivity contribution in [3.8, 4) is 43.0 Å². The molecule has 4 heterocycles. The van der Waals surface area contributed by atoms with Crippen LogP contribution in [0.2, 0.25) is 0 Å². The zero-order valence-electron chi connectivity index (χ0n) is 45.2. The van der Waals surface area contributed by atoms with Gasteiger partial charge in [-0.2, -0.15) is 0 Å². The summed E-state index contributed by atoms with van der Waals surface area (Å²) in [6.45, 7) is 7.24. The van der Waals surface area contributed by atoms with E-state index in [9.17, 15) is 10.2 Å². The number of aliphatic imine (C=N–C) groups is 4. The minimum atomic E-state index is -0.547. The highest BCUT2D eigenvalue weighted by Gasteiger charge is 2.26. The van der Waals surface area contributed by atoms with Crippen LogP contribution in [0.3, 0.4) is 0 Å². The maximum Gasteiger partial charge on any atom is 0.185 e. The van der Waals surface area contributed by atoms with Crippen molar-refractivity contribution >= 4 is 69.2 Å². The Hall–Kier alpha value is -8.32. The van der Waals surface area contributed by atoms with Crippen molar-refractivity contribution in [3.05, 3.63) is 160 Å². The first-order valence-corrected chi connectivity index (χ1v) is 29.7. The minimum absolute atomic E-state index is 0.0230. The predicted molar refractivity (Wildman–Crippen MR) is 327 cm³/mol. The van der Waals surface area contributed by atoms with Gasteiger partial charge in [-0.05, 0) is 113 Å². The number of phenols is 2. The third kappa shape index (κ3) is 14.9. The van der Waals surface area contributed by atoms with Gasteiger partial charge in [0.1, 0.15) is 35.7 Å². The molecule has 0 radical (unpaired) electrons. The maximum atomic E-state index is 12.8. The first kappa shape index (κ1) is 57.4. The van der Waals surface area contributed by atoms with E-state index in [-0.39, 0.29) is 67.6 Å². The van der Waals surface area contributed by atoms with Gasteiger partial charge in [-0.3, -0.25) is 20.0 Å². The lowest BCUT2D eigenvalue weighted by atomic mass is 9.87. The number of ether oxygens (including phenoxy) is 2. The summed E-state index contributed by atoms with van der Waals surface area (Å²) in [6.07, 6.45) is 2.20. The second-order valence-corrected chi connectivity index (χ2v) is 23.2. The van der Waals surface area contributed by atoms with Gasteiger partial charge in [0.25, 0.3) is 0 Å². The maximum absolute atomic E-state index is 12.8. The standard InChI is InChI=1S/C57H66N16O4S4/c1-29-25-78-50(70-29)52-72-44(27-80-52)24-76-48-40-16-34(6-10-68-56(62)63)17-41(48)21-37-13-33(5-9-67-55(60)61)15-39(47(37)75)23-43-19-35(7-11-69-57(64)65)18-42(22-38-14-32(4-8-66-54(58)59)12-36(20-40)46(38)74)49(43)77-31(3)45-28-81-53(73-45)51-71-30(2)26-79-51/h12-19,25-28,31,74-75H,4-11,20-24H2,1-3H3,(H4,58,59,66)(H4,60,61,67)(H4,62,63,68)(H4,64,65,69). The Morgan fingerprint density at radius 2 is 0.802 bits per heavy atom. The molecule has 81 heavy (non-hydrogen) atoms. The van der Waals surface area contributed by atoms with E-state index in [4.69, 9.17) is 65.3 Å². The third-order valence-electron chi connectivity index (χ3n) is 13.3. The summed E-state index contributed by atoms with van der Waals surface area (Å²) in [5.41, 5.74) is 59.2. The summed E-state index contributed by atoms with van der Waals surface area (Å²) in [7, 11) is 0. The fraction of sp³-hybridized carbons (Fsp3) is 0.298. The van der Waals surface area contributed by atoms with Gasteiger partial charge in [0.05, 0.1) is 11.4 Å². The molecule has 18 N–H and O–H groups in total. The molecule has 1 unspecified atom stereocenters. The molecule has 1 atom stereocenters. The second kappa shape index (κ2) is 25.9. The number of nitrogens with zero attached hydrogens (tertiary/aromatic N) is 8. The van der Waals surface area contributed by atoms with Crippen molar-refractivity contribution in [3.63, 3.8) is 0 Å². The fourth-order valence-corrected chi connectivity index (χ4v) is 13.1. The van der Waals surface area contributed by atoms with Crippen LogP contribution in [0.1, 0.15) is 103 Å². The molecule has 0 saturated heterocycles. The number of benzene rings is 4. The number of hydrogen-bond acceptors (Lipinski definition) is 16. The van der Waals surface area contributed by atoms with Gasteiger partial charge in [0.2, 0.25) is 0 Å². The highest BCUT2D eigenvalue weighted by atomic mass is 32.1. The summed E-state index contributed by atoms with van der Waals surface area (Å²) >= 11 is 6.08. The molecule has 8 bridgehead atoms. The number of fused-ring (bicyclic) bond motifs is 8. The molecule has 4 aromatic carbocycles. The normalized spacial score (nSPS) is 12.3. The number of rotatable bonds is 20. The second-order valence-electron chi connectivity index (χ2n) is 19.8. The van der Waals surface area contributed by atoms with Crippen molar-refractivity contribution in [2.24, 2.45) is 65.8 Å². The van der Waals surface area contributed by atoms with Gasteiger partial charge in [-0.15, -0.1) is 45.3 Å². The van der Waals surface area contributed by atoms with E-state index in [1.54, 1.807) is 11.3 Å². The number of nitrogens with two attached hydrogens (primary N) is 8. The molecule has 4 aromatic heterocycles. The molecule has 0 fully saturated rings. The van der Waals surface area contributed by atoms with Crippen LogP contribution < -0.4 is 55.3 Å². The van der Waals surface area contributed by atoms with E-state index in [0.29, 0.717) is 91.3 Å². The Morgan fingerprint density at radius 1 is 0.469 bits per heavy atom. The minimum Gasteiger partial charge on any atom is -0.507 e. The van der Waals surface area contributed by atoms with Crippen LogP contribution in [0, 0.1) is 13.8 Å². The number of aromatic hydroxyl groups is 2. The molecule has 0 saturated carbocycles. The average Bonchev–Trinajstić information content (AvgIpc) is 4.27. The number of hydrogen-bond donors (Lipinski definition) is 10. The lowest BCUT2D eigenvalue weighted by molar-refractivity contribution is 0.218. The van der Waals surface area contributed by atoms with Crippen molar-refractivity contribution in [2.75, 3.05) is 26.2 Å². The molecule has 0 spiro atoms. The zero-order valence-corrected chi connectivity index (χ0v) is 48.5. The molecular formula is C57H66N16O4S4. The van der Waals surface area contributed by atoms with Gasteiger partial charge in [-0.1, -0.05) is 48.5 Å². The summed E-state index contributed by atoms with van der Waals surface area (Å²) < 4.78 is 14.2. The molecule has 0 amide bonds. The summed E-state index contributed by atoms with van der Waals surface area (Å²) in [5.74, 6) is 1.23. The molecule has 422 valence electrons. The Morgan fingerprint density at radius 3 is 1.17 bits per heavy atom. The van der Waals surface area contributed by atoms with Gasteiger partial charge < -0.3 is 65.6 Å². The van der Waals surface area contributed by atoms with Crippen LogP contribution in [0.15, 0.2) is 90.0 Å². The van der Waals surface area contributed by atoms with Crippen LogP contribution in [0.4, 0.5) is 0 Å². The average molecular weight is 1170 g/mol. The van der Waals surface area contributed by atoms with Crippen molar-refractivity contribution in [2.45, 2.75) is 84.8 Å². The predicted octanol–water partition coefficient (Wildman–Crippen LogP) is 6.53. The van der Waals surface area contributed by atoms with Gasteiger partial charge >= 0.3 is 0 Å². The van der Waals surface area contributed by atoms with Gasteiger partial charge in [0.15, 0.2) is 43.9 Å². The van der Waals surface area contributed by atoms with E-state index >= 15 is 0 Å². The zero-order chi connectivity index (χ0) is 57.3. The Balaban J connectivity index is 1.26. The first-order chi connectivity index (χ1) is 38.9. The summed E-state index contributed by atoms with van der Waals surface area (Å²) in [4.78, 5) is 36.6. The quantitative estimate of drug-likeness (QED) is 0.0286. The lowest BCUT2D eigenvalue weighted by Crippen LogP contribution is -2.23. The number of thiazole rings is 4. The fourth-order valence-electron chi connectivity index (χ4n) is 9.70. The largest absolute Gasteiger partial charge is 0.507 e. The summed E-state index contributed by atoms with van der Waals surface area (Å²) in [5, 5.41) is 36.9. The highest BCUT2D eigenvalue weighted by molar-refractivity contribution is 7.20. The third-order valence-corrected chi connectivity index (χ3v) is 17.3. The van der Waals surface area contributed by atoms with Crippen LogP contribution in [-0.4, -0.2) is 80.2 Å². The van der Waals surface area contributed by atoms with E-state index in [2.05, 4.69) is 54.2 Å². The van der Waals surface area contributed by atoms with E-state index in [0.717, 1.165) is 81.6 Å². The molecule has 8 aromatic rings. The van der Waals surface area contributed by atoms with Gasteiger partial charge in [0, 0.05) is 84.8 Å². The summed E-state index contributed by atoms with van der Waals surface area (Å²) in [6, 6.07) is 16.2. The molecule has 1 aliphatic carbocycles. The molecule has 1 aliphatic rings. The van der Waals surface area contributed by atoms with Crippen LogP contribution in [0.25, 0.3) is 20.0 Å². The monoisotopic (exact) mass is 1170 g/mol. The lowest BCUT2D eigenvalue weighted by Gasteiger charge is -2.24. The number of aromatic nitrogens is 4. The molecule has 24 heteroatoms. The van der Waals surface area contributed by atoms with Gasteiger partial charge in [-0.25, -0.2) is 19.9 Å². The van der Waals surface area contributed by atoms with Crippen molar-refractivity contribution in [1.29, 1.82) is 0 Å². The number of guanidine groups is 4. The van der Waals surface area contributed by atoms with E-state index < -0.39 is 6.10 Å². The number of aryl methyl sites for hydroxylation is 2. The Kier molecular flexibility index (Phi) is 18.3. The van der Waals surface area contributed by atoms with Crippen LogP contribution in [0.5, 0.6) is 23.0 Å². The highest BCUT2D eigenvalue weighted by Crippen LogP contribution is 2.42. The topological polar surface area (TPSA) is 368 Å². The van der Waals surface area contributed by atoms with E-state index in [1.807, 2.05) is 66.6 Å². The molecular weight excluding hydrogens is 1100 g/mol. The Bertz CT molecular complexity index is 3550. The molecule has 20 nitrogen and oxygen atoms in total. The molecule has 0 aliphatic heterocycles. The first-order valence-electron chi connectivity index (χ1n) is 26.1. The van der Waals surface area contributed by atoms with Crippen LogP contribution in [-0.2, 0) is 58.0 Å². The number of phenolic OH excluding ortho intramolecular Hbond substituents is 2. The smallest absolute Gasteiger partial charge is 0.185 e. The van der Waals surface area contributed by atoms with Crippen LogP contribution >= 0.6 is 45.3 Å². The SMILES string of the molecule is Cc1csc(-c2nc(COc3c4cc(CCN=C(N)N)cc3Cc3cc(CCN=C(N)N)cc(c3O)Cc3cc(CCN=C(N)N)cc(c3OC(C)c3csc(-c5nc(C)cs5)n3)Cc3cc(CCN=C(N)N)cc(c3O)C4)cs2)n1. The molecule has 9 rings (SSSR count). The van der Waals surface area contributed by atoms with E-state index in [1.165, 1.54) is 34.0 Å².